The van der Waals surface area contributed by atoms with Crippen molar-refractivity contribution < 1.29 is 14.3 Å². The molecule has 2 rings (SSSR count). The van der Waals surface area contributed by atoms with E-state index in [-0.39, 0.29) is 5.56 Å². The van der Waals surface area contributed by atoms with E-state index in [1.165, 1.54) is 24.2 Å². The molecule has 0 fully saturated rings. The first kappa shape index (κ1) is 17.5. The van der Waals surface area contributed by atoms with Crippen molar-refractivity contribution in [3.63, 3.8) is 0 Å². The highest BCUT2D eigenvalue weighted by Gasteiger charge is 2.29. The molecule has 1 heterocycles. The smallest absolute Gasteiger partial charge is 0.249 e. The molecule has 1 N–H and O–H groups in total. The van der Waals surface area contributed by atoms with Gasteiger partial charge in [0, 0.05) is 24.3 Å². The van der Waals surface area contributed by atoms with Gasteiger partial charge in [-0.05, 0) is 18.6 Å². The van der Waals surface area contributed by atoms with Gasteiger partial charge in [0.25, 0.3) is 0 Å². The Kier molecular flexibility index (Phi) is 5.21. The van der Waals surface area contributed by atoms with Gasteiger partial charge in [0.1, 0.15) is 5.75 Å². The molecule has 1 aromatic carbocycles. The van der Waals surface area contributed by atoms with Gasteiger partial charge in [-0.3, -0.25) is 14.3 Å². The first-order valence-corrected chi connectivity index (χ1v) is 7.32. The predicted molar refractivity (Wildman–Crippen MR) is 88.0 cm³/mol. The number of halogens is 1. The van der Waals surface area contributed by atoms with E-state index in [0.717, 1.165) is 5.56 Å². The molecule has 0 spiro atoms. The number of nitriles is 1. The number of nitrogens with one attached hydrogen (secondary N) is 1. The lowest BCUT2D eigenvalue weighted by Gasteiger charge is -2.13. The maximum Gasteiger partial charge on any atom is 0.249 e. The molecule has 0 aliphatic rings. The molecular formula is C16H15ClN4O3. The number of nitrogens with zero attached hydrogens (tertiary/aromatic N) is 3. The Morgan fingerprint density at radius 3 is 2.71 bits per heavy atom. The number of rotatable bonds is 5. The van der Waals surface area contributed by atoms with E-state index in [2.05, 4.69) is 10.4 Å². The van der Waals surface area contributed by atoms with Crippen molar-refractivity contribution in [2.24, 2.45) is 13.0 Å². The van der Waals surface area contributed by atoms with Gasteiger partial charge in [0.15, 0.2) is 11.7 Å². The zero-order chi connectivity index (χ0) is 17.9. The third-order valence-electron chi connectivity index (χ3n) is 3.38. The molecule has 1 atom stereocenters. The first-order chi connectivity index (χ1) is 11.4. The summed E-state index contributed by atoms with van der Waals surface area (Å²) in [6.45, 7) is 1.76. The summed E-state index contributed by atoms with van der Waals surface area (Å²) in [4.78, 5) is 24.7. The van der Waals surface area contributed by atoms with Crippen LogP contribution in [0.3, 0.4) is 0 Å². The molecule has 0 aliphatic heterocycles. The van der Waals surface area contributed by atoms with Crippen LogP contribution in [0.2, 0.25) is 5.02 Å². The van der Waals surface area contributed by atoms with Crippen LogP contribution in [0.4, 0.5) is 5.69 Å². The summed E-state index contributed by atoms with van der Waals surface area (Å²) in [6.07, 6.45) is 2.76. The highest BCUT2D eigenvalue weighted by molar-refractivity contribution is 6.31. The number of hydrogen-bond acceptors (Lipinski definition) is 5. The number of amides is 1. The molecule has 0 saturated carbocycles. The summed E-state index contributed by atoms with van der Waals surface area (Å²) in [6, 6.07) is 4.89. The second-order valence-electron chi connectivity index (χ2n) is 5.12. The van der Waals surface area contributed by atoms with Crippen molar-refractivity contribution in [1.29, 1.82) is 5.26 Å². The molecule has 8 heteroatoms. The summed E-state index contributed by atoms with van der Waals surface area (Å²) in [5.74, 6) is -2.52. The average molecular weight is 347 g/mol. The minimum absolute atomic E-state index is 0.193. The van der Waals surface area contributed by atoms with Crippen molar-refractivity contribution in [2.75, 3.05) is 12.4 Å². The van der Waals surface area contributed by atoms with Gasteiger partial charge >= 0.3 is 0 Å². The third kappa shape index (κ3) is 3.55. The molecule has 0 saturated heterocycles. The number of aromatic nitrogens is 2. The predicted octanol–water partition coefficient (Wildman–Crippen LogP) is 2.35. The number of ketones is 1. The van der Waals surface area contributed by atoms with Crippen LogP contribution in [-0.4, -0.2) is 28.6 Å². The number of hydrogen-bond donors (Lipinski definition) is 1. The Morgan fingerprint density at radius 1 is 1.46 bits per heavy atom. The van der Waals surface area contributed by atoms with Crippen LogP contribution in [-0.2, 0) is 11.8 Å². The van der Waals surface area contributed by atoms with Crippen LogP contribution >= 0.6 is 11.6 Å². The molecule has 124 valence electrons. The number of benzene rings is 1. The standard InChI is InChI=1S/C16H15ClN4O3/c1-9-4-13(14(24-3)5-12(9)17)20-16(23)11(6-18)15(22)10-7-19-21(2)8-10/h4-5,7-8,11H,1-3H3,(H,20,23). The minimum Gasteiger partial charge on any atom is -0.495 e. The zero-order valence-electron chi connectivity index (χ0n) is 13.3. The fraction of sp³-hybridized carbons (Fsp3) is 0.250. The van der Waals surface area contributed by atoms with E-state index >= 15 is 0 Å². The monoisotopic (exact) mass is 346 g/mol. The van der Waals surface area contributed by atoms with Crippen LogP contribution in [0.5, 0.6) is 5.75 Å². The van der Waals surface area contributed by atoms with Crippen molar-refractivity contribution >= 4 is 29.0 Å². The molecule has 1 amide bonds. The second kappa shape index (κ2) is 7.15. The van der Waals surface area contributed by atoms with E-state index in [1.807, 2.05) is 0 Å². The Morgan fingerprint density at radius 2 is 2.17 bits per heavy atom. The van der Waals surface area contributed by atoms with E-state index < -0.39 is 17.6 Å². The average Bonchev–Trinajstić information content (AvgIpc) is 2.97. The third-order valence-corrected chi connectivity index (χ3v) is 3.79. The number of methoxy groups -OCH3 is 1. The minimum atomic E-state index is -1.49. The Hall–Kier alpha value is -2.85. The van der Waals surface area contributed by atoms with Crippen LogP contribution < -0.4 is 10.1 Å². The van der Waals surface area contributed by atoms with Crippen molar-refractivity contribution in [3.05, 3.63) is 40.7 Å². The molecule has 0 radical (unpaired) electrons. The summed E-state index contributed by atoms with van der Waals surface area (Å²) in [5, 5.41) is 16.1. The van der Waals surface area contributed by atoms with Crippen molar-refractivity contribution in [2.45, 2.75) is 6.92 Å². The number of anilines is 1. The fourth-order valence-corrected chi connectivity index (χ4v) is 2.24. The van der Waals surface area contributed by atoms with E-state index in [0.29, 0.717) is 16.5 Å². The van der Waals surface area contributed by atoms with Gasteiger partial charge in [-0.2, -0.15) is 10.4 Å². The quantitative estimate of drug-likeness (QED) is 0.662. The van der Waals surface area contributed by atoms with Gasteiger partial charge in [0.05, 0.1) is 30.6 Å². The van der Waals surface area contributed by atoms with Gasteiger partial charge < -0.3 is 10.1 Å². The van der Waals surface area contributed by atoms with Gasteiger partial charge in [-0.1, -0.05) is 11.6 Å². The lowest BCUT2D eigenvalue weighted by atomic mass is 10.0. The molecule has 0 aliphatic carbocycles. The molecular weight excluding hydrogens is 332 g/mol. The maximum absolute atomic E-state index is 12.4. The molecule has 1 aromatic heterocycles. The molecule has 1 unspecified atom stereocenters. The highest BCUT2D eigenvalue weighted by Crippen LogP contribution is 2.31. The van der Waals surface area contributed by atoms with Gasteiger partial charge in [-0.15, -0.1) is 0 Å². The van der Waals surface area contributed by atoms with Crippen molar-refractivity contribution in [3.8, 4) is 11.8 Å². The summed E-state index contributed by atoms with van der Waals surface area (Å²) in [5.41, 5.74) is 1.25. The maximum atomic E-state index is 12.4. The fourth-order valence-electron chi connectivity index (χ4n) is 2.09. The molecule has 0 bridgehead atoms. The first-order valence-electron chi connectivity index (χ1n) is 6.94. The number of Topliss-reactive ketones (excluding diaryl/α,β-unsaturated/α-hetero) is 1. The van der Waals surface area contributed by atoms with Gasteiger partial charge in [-0.25, -0.2) is 0 Å². The number of carbonyl (C=O) groups excluding carboxylic acids is 2. The lowest BCUT2D eigenvalue weighted by Crippen LogP contribution is -2.28. The number of aryl methyl sites for hydroxylation is 2. The molecule has 2 aromatic rings. The normalized spacial score (nSPS) is 11.5. The van der Waals surface area contributed by atoms with Crippen LogP contribution in [0, 0.1) is 24.2 Å². The Labute approximate surface area is 143 Å². The van der Waals surface area contributed by atoms with Crippen LogP contribution in [0.1, 0.15) is 15.9 Å². The Bertz CT molecular complexity index is 838. The SMILES string of the molecule is COc1cc(Cl)c(C)cc1NC(=O)C(C#N)C(=O)c1cnn(C)c1. The van der Waals surface area contributed by atoms with E-state index in [9.17, 15) is 14.9 Å². The largest absolute Gasteiger partial charge is 0.495 e. The molecule has 24 heavy (non-hydrogen) atoms. The highest BCUT2D eigenvalue weighted by atomic mass is 35.5. The Balaban J connectivity index is 2.26. The van der Waals surface area contributed by atoms with E-state index in [4.69, 9.17) is 16.3 Å². The van der Waals surface area contributed by atoms with Crippen LogP contribution in [0.25, 0.3) is 0 Å². The second-order valence-corrected chi connectivity index (χ2v) is 5.53. The van der Waals surface area contributed by atoms with E-state index in [1.54, 1.807) is 32.2 Å². The summed E-state index contributed by atoms with van der Waals surface area (Å²) < 4.78 is 6.59. The summed E-state index contributed by atoms with van der Waals surface area (Å²) >= 11 is 6.02. The zero-order valence-corrected chi connectivity index (χ0v) is 14.1. The lowest BCUT2D eigenvalue weighted by molar-refractivity contribution is -0.117. The van der Waals surface area contributed by atoms with Crippen molar-refractivity contribution in [1.82, 2.24) is 9.78 Å². The number of carbonyl (C=O) groups is 2. The molecule has 7 nitrogen and oxygen atoms in total. The number of ether oxygens (including phenoxy) is 1. The summed E-state index contributed by atoms with van der Waals surface area (Å²) in [7, 11) is 3.07. The van der Waals surface area contributed by atoms with Crippen LogP contribution in [0.15, 0.2) is 24.5 Å². The topological polar surface area (TPSA) is 97.0 Å². The van der Waals surface area contributed by atoms with Gasteiger partial charge in [0.2, 0.25) is 5.91 Å².